The van der Waals surface area contributed by atoms with Crippen LogP contribution in [0.25, 0.3) is 0 Å². The Morgan fingerprint density at radius 3 is 2.67 bits per heavy atom. The Morgan fingerprint density at radius 1 is 1.56 bits per heavy atom. The summed E-state index contributed by atoms with van der Waals surface area (Å²) >= 11 is 1.37. The molecule has 1 unspecified atom stereocenters. The number of carbonyl (C=O) groups excluding carboxylic acids is 1. The monoisotopic (exact) mass is 271 g/mol. The van der Waals surface area contributed by atoms with Crippen LogP contribution in [0.4, 0.5) is 0 Å². The molecule has 0 spiro atoms. The first kappa shape index (κ1) is 14.7. The van der Waals surface area contributed by atoms with E-state index < -0.39 is 12.0 Å². The number of thiophene rings is 1. The number of rotatable bonds is 6. The van der Waals surface area contributed by atoms with Crippen LogP contribution in [0.2, 0.25) is 0 Å². The van der Waals surface area contributed by atoms with Gasteiger partial charge in [-0.25, -0.2) is 4.79 Å². The zero-order chi connectivity index (χ0) is 13.7. The van der Waals surface area contributed by atoms with Crippen molar-refractivity contribution in [3.63, 3.8) is 0 Å². The van der Waals surface area contributed by atoms with Crippen LogP contribution in [0.3, 0.4) is 0 Å². The van der Waals surface area contributed by atoms with Crippen LogP contribution in [0.15, 0.2) is 6.07 Å². The van der Waals surface area contributed by atoms with E-state index in [1.54, 1.807) is 6.07 Å². The third kappa shape index (κ3) is 3.54. The Balaban J connectivity index is 2.77. The minimum Gasteiger partial charge on any atom is -0.480 e. The zero-order valence-corrected chi connectivity index (χ0v) is 11.5. The Bertz CT molecular complexity index is 441. The van der Waals surface area contributed by atoms with Gasteiger partial charge in [-0.1, -0.05) is 6.92 Å². The second kappa shape index (κ2) is 6.51. The number of aryl methyl sites for hydroxylation is 2. The zero-order valence-electron chi connectivity index (χ0n) is 10.6. The van der Waals surface area contributed by atoms with Gasteiger partial charge in [-0.05, 0) is 25.0 Å². The van der Waals surface area contributed by atoms with E-state index in [1.165, 1.54) is 18.4 Å². The summed E-state index contributed by atoms with van der Waals surface area (Å²) in [5, 5.41) is 11.4. The predicted molar refractivity (Wildman–Crippen MR) is 69.2 cm³/mol. The molecule has 5 nitrogen and oxygen atoms in total. The molecule has 100 valence electrons. The number of nitrogens with one attached hydrogen (secondary N) is 1. The fraction of sp³-hybridized carbons (Fsp3) is 0.500. The smallest absolute Gasteiger partial charge is 0.328 e. The van der Waals surface area contributed by atoms with E-state index in [9.17, 15) is 9.59 Å². The molecule has 1 rings (SSSR count). The molecule has 18 heavy (non-hydrogen) atoms. The van der Waals surface area contributed by atoms with Crippen LogP contribution < -0.4 is 5.32 Å². The van der Waals surface area contributed by atoms with Crippen molar-refractivity contribution in [2.24, 2.45) is 0 Å². The van der Waals surface area contributed by atoms with E-state index >= 15 is 0 Å². The molecular formula is C12H17NO4S. The molecule has 0 aliphatic carbocycles. The van der Waals surface area contributed by atoms with Crippen LogP contribution in [-0.4, -0.2) is 36.7 Å². The lowest BCUT2D eigenvalue weighted by Gasteiger charge is -2.12. The molecule has 0 saturated carbocycles. The van der Waals surface area contributed by atoms with Crippen molar-refractivity contribution in [1.82, 2.24) is 5.32 Å². The maximum atomic E-state index is 11.9. The molecule has 2 N–H and O–H groups in total. The van der Waals surface area contributed by atoms with Gasteiger partial charge in [-0.15, -0.1) is 11.3 Å². The topological polar surface area (TPSA) is 75.6 Å². The molecule has 0 aliphatic rings. The molecule has 0 bridgehead atoms. The van der Waals surface area contributed by atoms with Crippen molar-refractivity contribution in [3.05, 3.63) is 21.4 Å². The molecule has 1 amide bonds. The lowest BCUT2D eigenvalue weighted by molar-refractivity contribution is -0.140. The molecular weight excluding hydrogens is 254 g/mol. The molecule has 0 fully saturated rings. The maximum Gasteiger partial charge on any atom is 0.328 e. The summed E-state index contributed by atoms with van der Waals surface area (Å²) in [5.41, 5.74) is 1.11. The molecule has 6 heteroatoms. The maximum absolute atomic E-state index is 11.9. The summed E-state index contributed by atoms with van der Waals surface area (Å²) in [6, 6.07) is 0.788. The third-order valence-electron chi connectivity index (χ3n) is 2.56. The lowest BCUT2D eigenvalue weighted by atomic mass is 10.2. The summed E-state index contributed by atoms with van der Waals surface area (Å²) in [4.78, 5) is 24.4. The number of amides is 1. The van der Waals surface area contributed by atoms with Crippen LogP contribution in [-0.2, 0) is 16.0 Å². The summed E-state index contributed by atoms with van der Waals surface area (Å²) in [5.74, 6) is -1.47. The summed E-state index contributed by atoms with van der Waals surface area (Å²) in [6.07, 6.45) is 0.857. The Labute approximate surface area is 110 Å². The highest BCUT2D eigenvalue weighted by Gasteiger charge is 2.21. The first-order chi connectivity index (χ1) is 8.49. The van der Waals surface area contributed by atoms with E-state index in [0.717, 1.165) is 16.9 Å². The Hall–Kier alpha value is -1.40. The molecule has 1 aromatic heterocycles. The van der Waals surface area contributed by atoms with Crippen molar-refractivity contribution in [2.45, 2.75) is 26.3 Å². The van der Waals surface area contributed by atoms with E-state index in [-0.39, 0.29) is 12.5 Å². The van der Waals surface area contributed by atoms with Crippen molar-refractivity contribution in [2.75, 3.05) is 13.7 Å². The van der Waals surface area contributed by atoms with Crippen LogP contribution in [0.5, 0.6) is 0 Å². The van der Waals surface area contributed by atoms with Gasteiger partial charge in [-0.2, -0.15) is 0 Å². The van der Waals surface area contributed by atoms with Gasteiger partial charge in [0.1, 0.15) is 0 Å². The van der Waals surface area contributed by atoms with Crippen LogP contribution in [0.1, 0.15) is 27.0 Å². The molecule has 0 radical (unpaired) electrons. The highest BCUT2D eigenvalue weighted by molar-refractivity contribution is 7.14. The first-order valence-corrected chi connectivity index (χ1v) is 6.43. The molecule has 1 aromatic rings. The summed E-state index contributed by atoms with van der Waals surface area (Å²) in [6.45, 7) is 3.91. The number of carbonyl (C=O) groups is 2. The molecule has 1 heterocycles. The minimum absolute atomic E-state index is 0.0495. The summed E-state index contributed by atoms with van der Waals surface area (Å²) < 4.78 is 4.76. The fourth-order valence-corrected chi connectivity index (χ4v) is 2.57. The van der Waals surface area contributed by atoms with Gasteiger partial charge in [-0.3, -0.25) is 4.79 Å². The lowest BCUT2D eigenvalue weighted by Crippen LogP contribution is -2.43. The average molecular weight is 271 g/mol. The van der Waals surface area contributed by atoms with Gasteiger partial charge >= 0.3 is 5.97 Å². The standard InChI is InChI=1S/C12H17NO4S/c1-4-8-5-10(18-7(8)2)11(14)13-9(6-17-3)12(15)16/h5,9H,4,6H2,1-3H3,(H,13,14)(H,15,16). The fourth-order valence-electron chi connectivity index (χ4n) is 1.55. The number of hydrogen-bond acceptors (Lipinski definition) is 4. The second-order valence-electron chi connectivity index (χ2n) is 3.87. The predicted octanol–water partition coefficient (Wildman–Crippen LogP) is 1.45. The minimum atomic E-state index is -1.10. The molecule has 0 aromatic carbocycles. The van der Waals surface area contributed by atoms with Crippen molar-refractivity contribution in [1.29, 1.82) is 0 Å². The SMILES string of the molecule is CCc1cc(C(=O)NC(COC)C(=O)O)sc1C. The largest absolute Gasteiger partial charge is 0.480 e. The Morgan fingerprint density at radius 2 is 2.22 bits per heavy atom. The average Bonchev–Trinajstić information content (AvgIpc) is 2.69. The van der Waals surface area contributed by atoms with E-state index in [1.807, 2.05) is 13.8 Å². The number of carboxylic acids is 1. The normalized spacial score (nSPS) is 12.2. The molecule has 1 atom stereocenters. The van der Waals surface area contributed by atoms with Crippen LogP contribution in [0, 0.1) is 6.92 Å². The van der Waals surface area contributed by atoms with E-state index in [0.29, 0.717) is 4.88 Å². The number of carboxylic acid groups (broad SMARTS) is 1. The van der Waals surface area contributed by atoms with Gasteiger partial charge in [0.25, 0.3) is 5.91 Å². The highest BCUT2D eigenvalue weighted by atomic mass is 32.1. The number of ether oxygens (including phenoxy) is 1. The number of methoxy groups -OCH3 is 1. The van der Waals surface area contributed by atoms with Crippen molar-refractivity contribution in [3.8, 4) is 0 Å². The number of hydrogen-bond donors (Lipinski definition) is 2. The summed E-state index contributed by atoms with van der Waals surface area (Å²) in [7, 11) is 1.40. The van der Waals surface area contributed by atoms with Gasteiger partial charge in [0.05, 0.1) is 11.5 Å². The number of aliphatic carboxylic acids is 1. The van der Waals surface area contributed by atoms with Crippen molar-refractivity contribution < 1.29 is 19.4 Å². The second-order valence-corrected chi connectivity index (χ2v) is 5.12. The van der Waals surface area contributed by atoms with E-state index in [4.69, 9.17) is 9.84 Å². The van der Waals surface area contributed by atoms with E-state index in [2.05, 4.69) is 5.32 Å². The van der Waals surface area contributed by atoms with Gasteiger partial charge in [0.15, 0.2) is 6.04 Å². The van der Waals surface area contributed by atoms with Crippen LogP contribution >= 0.6 is 11.3 Å². The quantitative estimate of drug-likeness (QED) is 0.821. The van der Waals surface area contributed by atoms with Gasteiger partial charge in [0.2, 0.25) is 0 Å². The third-order valence-corrected chi connectivity index (χ3v) is 3.65. The Kier molecular flexibility index (Phi) is 5.30. The van der Waals surface area contributed by atoms with Gasteiger partial charge in [0, 0.05) is 12.0 Å². The molecule has 0 saturated heterocycles. The molecule has 0 aliphatic heterocycles. The highest BCUT2D eigenvalue weighted by Crippen LogP contribution is 2.21. The van der Waals surface area contributed by atoms with Crippen molar-refractivity contribution >= 4 is 23.2 Å². The first-order valence-electron chi connectivity index (χ1n) is 5.61. The van der Waals surface area contributed by atoms with Gasteiger partial charge < -0.3 is 15.2 Å².